The third-order valence-corrected chi connectivity index (χ3v) is 2.74. The van der Waals surface area contributed by atoms with E-state index in [1.54, 1.807) is 12.1 Å². The van der Waals surface area contributed by atoms with Gasteiger partial charge in [-0.2, -0.15) is 13.2 Å². The second kappa shape index (κ2) is 3.75. The quantitative estimate of drug-likeness (QED) is 0.840. The zero-order valence-electron chi connectivity index (χ0n) is 7.82. The Morgan fingerprint density at radius 1 is 1.25 bits per heavy atom. The molecule has 0 aliphatic carbocycles. The Labute approximate surface area is 92.8 Å². The summed E-state index contributed by atoms with van der Waals surface area (Å²) in [7, 11) is 0. The van der Waals surface area contributed by atoms with Crippen LogP contribution < -0.4 is 5.73 Å². The molecule has 2 aromatic rings. The van der Waals surface area contributed by atoms with E-state index < -0.39 is 11.1 Å². The number of hydrogen-bond acceptors (Lipinski definition) is 4. The summed E-state index contributed by atoms with van der Waals surface area (Å²) < 4.78 is 37.9. The molecule has 0 atom stereocenters. The second-order valence-electron chi connectivity index (χ2n) is 2.94. The first-order chi connectivity index (χ1) is 7.48. The maximum atomic E-state index is 12.6. The van der Waals surface area contributed by atoms with Gasteiger partial charge in [0.15, 0.2) is 5.13 Å². The van der Waals surface area contributed by atoms with Crippen molar-refractivity contribution in [1.82, 2.24) is 9.97 Å². The molecule has 2 N–H and O–H groups in total. The molecule has 84 valence electrons. The largest absolute Gasteiger partial charge is 0.427 e. The van der Waals surface area contributed by atoms with Crippen LogP contribution in [0.1, 0.15) is 4.88 Å². The number of aromatic nitrogens is 2. The number of halogens is 3. The number of anilines is 1. The molecule has 2 rings (SSSR count). The molecule has 2 heterocycles. The Hall–Kier alpha value is -1.63. The highest BCUT2D eigenvalue weighted by Gasteiger charge is 2.37. The summed E-state index contributed by atoms with van der Waals surface area (Å²) in [5.41, 5.74) is 5.25. The number of nitrogens with zero attached hydrogens (tertiary/aromatic N) is 2. The molecule has 0 aliphatic rings. The standard InChI is InChI=1S/C9H6F3N3S/c10-9(11,12)7-6(15-8(13)16-7)5-3-1-2-4-14-5/h1-4H,(H2,13,15). The number of nitrogens with two attached hydrogens (primary N) is 1. The Bertz CT molecular complexity index is 492. The molecule has 16 heavy (non-hydrogen) atoms. The van der Waals surface area contributed by atoms with Gasteiger partial charge in [0, 0.05) is 6.20 Å². The van der Waals surface area contributed by atoms with E-state index in [9.17, 15) is 13.2 Å². The van der Waals surface area contributed by atoms with Crippen LogP contribution in [0.5, 0.6) is 0 Å². The minimum absolute atomic E-state index is 0.118. The number of thiazole rings is 1. The number of nitrogen functional groups attached to an aromatic ring is 1. The van der Waals surface area contributed by atoms with Crippen molar-refractivity contribution in [3.05, 3.63) is 29.3 Å². The average molecular weight is 245 g/mol. The molecule has 0 fully saturated rings. The van der Waals surface area contributed by atoms with E-state index in [1.165, 1.54) is 12.3 Å². The van der Waals surface area contributed by atoms with Crippen molar-refractivity contribution < 1.29 is 13.2 Å². The zero-order valence-corrected chi connectivity index (χ0v) is 8.64. The number of hydrogen-bond donors (Lipinski definition) is 1. The molecule has 7 heteroatoms. The lowest BCUT2D eigenvalue weighted by atomic mass is 10.2. The molecule has 0 aromatic carbocycles. The average Bonchev–Trinajstić information content (AvgIpc) is 2.61. The minimum Gasteiger partial charge on any atom is -0.375 e. The lowest BCUT2D eigenvalue weighted by Crippen LogP contribution is -2.04. The first-order valence-electron chi connectivity index (χ1n) is 4.23. The maximum absolute atomic E-state index is 12.6. The van der Waals surface area contributed by atoms with Crippen LogP contribution in [0.4, 0.5) is 18.3 Å². The van der Waals surface area contributed by atoms with Gasteiger partial charge in [0.2, 0.25) is 0 Å². The lowest BCUT2D eigenvalue weighted by Gasteiger charge is -2.04. The van der Waals surface area contributed by atoms with Crippen molar-refractivity contribution in [3.63, 3.8) is 0 Å². The Kier molecular flexibility index (Phi) is 2.55. The lowest BCUT2D eigenvalue weighted by molar-refractivity contribution is -0.134. The monoisotopic (exact) mass is 245 g/mol. The van der Waals surface area contributed by atoms with Gasteiger partial charge in [-0.3, -0.25) is 4.98 Å². The van der Waals surface area contributed by atoms with Gasteiger partial charge in [0.1, 0.15) is 10.6 Å². The molecule has 0 bridgehead atoms. The molecule has 0 saturated carbocycles. The van der Waals surface area contributed by atoms with Crippen LogP contribution >= 0.6 is 11.3 Å². The Morgan fingerprint density at radius 2 is 2.00 bits per heavy atom. The summed E-state index contributed by atoms with van der Waals surface area (Å²) in [5, 5.41) is -0.118. The Morgan fingerprint density at radius 3 is 2.56 bits per heavy atom. The van der Waals surface area contributed by atoms with Gasteiger partial charge in [-0.05, 0) is 12.1 Å². The predicted octanol–water partition coefficient (Wildman–Crippen LogP) is 2.81. The third-order valence-electron chi connectivity index (χ3n) is 1.81. The molecule has 0 amide bonds. The van der Waals surface area contributed by atoms with Crippen molar-refractivity contribution in [2.75, 3.05) is 5.73 Å². The fraction of sp³-hybridized carbons (Fsp3) is 0.111. The fourth-order valence-electron chi connectivity index (χ4n) is 1.21. The molecule has 0 spiro atoms. The highest BCUT2D eigenvalue weighted by atomic mass is 32.1. The van der Waals surface area contributed by atoms with Gasteiger partial charge in [-0.25, -0.2) is 4.98 Å². The van der Waals surface area contributed by atoms with Gasteiger partial charge in [-0.1, -0.05) is 17.4 Å². The van der Waals surface area contributed by atoms with Crippen molar-refractivity contribution in [2.24, 2.45) is 0 Å². The summed E-state index contributed by atoms with van der Waals surface area (Å²) in [6.07, 6.45) is -3.05. The third kappa shape index (κ3) is 1.99. The molecule has 0 aliphatic heterocycles. The molecule has 2 aromatic heterocycles. The van der Waals surface area contributed by atoms with E-state index in [2.05, 4.69) is 9.97 Å². The molecule has 0 unspecified atom stereocenters. The van der Waals surface area contributed by atoms with Crippen LogP contribution in [-0.2, 0) is 6.18 Å². The van der Waals surface area contributed by atoms with Gasteiger partial charge < -0.3 is 5.73 Å². The summed E-state index contributed by atoms with van der Waals surface area (Å²) in [5.74, 6) is 0. The van der Waals surface area contributed by atoms with Gasteiger partial charge in [-0.15, -0.1) is 0 Å². The summed E-state index contributed by atoms with van der Waals surface area (Å²) in [6, 6.07) is 4.67. The van der Waals surface area contributed by atoms with E-state index in [-0.39, 0.29) is 16.5 Å². The van der Waals surface area contributed by atoms with Crippen molar-refractivity contribution in [3.8, 4) is 11.4 Å². The van der Waals surface area contributed by atoms with Crippen LogP contribution in [0, 0.1) is 0 Å². The Balaban J connectivity index is 2.58. The van der Waals surface area contributed by atoms with Gasteiger partial charge in [0.25, 0.3) is 0 Å². The molecular formula is C9H6F3N3S. The smallest absolute Gasteiger partial charge is 0.375 e. The van der Waals surface area contributed by atoms with Gasteiger partial charge in [0.05, 0.1) is 5.69 Å². The van der Waals surface area contributed by atoms with Crippen molar-refractivity contribution >= 4 is 16.5 Å². The van der Waals surface area contributed by atoms with Crippen LogP contribution in [0.3, 0.4) is 0 Å². The molecular weight excluding hydrogens is 239 g/mol. The highest BCUT2D eigenvalue weighted by Crippen LogP contribution is 2.40. The van der Waals surface area contributed by atoms with E-state index in [0.717, 1.165) is 0 Å². The first kappa shape index (κ1) is 10.9. The summed E-state index contributed by atoms with van der Waals surface area (Å²) >= 11 is 0.418. The molecule has 0 radical (unpaired) electrons. The summed E-state index contributed by atoms with van der Waals surface area (Å²) in [6.45, 7) is 0. The SMILES string of the molecule is Nc1nc(-c2ccccn2)c(C(F)(F)F)s1. The van der Waals surface area contributed by atoms with Crippen molar-refractivity contribution in [1.29, 1.82) is 0 Å². The van der Waals surface area contributed by atoms with E-state index in [4.69, 9.17) is 5.73 Å². The van der Waals surface area contributed by atoms with Crippen LogP contribution in [0.2, 0.25) is 0 Å². The number of pyridine rings is 1. The molecule has 3 nitrogen and oxygen atoms in total. The predicted molar refractivity (Wildman–Crippen MR) is 54.8 cm³/mol. The topological polar surface area (TPSA) is 51.8 Å². The van der Waals surface area contributed by atoms with Gasteiger partial charge >= 0.3 is 6.18 Å². The first-order valence-corrected chi connectivity index (χ1v) is 5.05. The maximum Gasteiger partial charge on any atom is 0.427 e. The van der Waals surface area contributed by atoms with E-state index in [1.807, 2.05) is 0 Å². The van der Waals surface area contributed by atoms with E-state index in [0.29, 0.717) is 11.3 Å². The normalized spacial score (nSPS) is 11.7. The second-order valence-corrected chi connectivity index (χ2v) is 3.97. The number of alkyl halides is 3. The highest BCUT2D eigenvalue weighted by molar-refractivity contribution is 7.15. The van der Waals surface area contributed by atoms with E-state index >= 15 is 0 Å². The van der Waals surface area contributed by atoms with Crippen LogP contribution in [0.25, 0.3) is 11.4 Å². The van der Waals surface area contributed by atoms with Crippen LogP contribution in [0.15, 0.2) is 24.4 Å². The van der Waals surface area contributed by atoms with Crippen LogP contribution in [-0.4, -0.2) is 9.97 Å². The fourth-order valence-corrected chi connectivity index (χ4v) is 1.91. The number of rotatable bonds is 1. The molecule has 0 saturated heterocycles. The van der Waals surface area contributed by atoms with Crippen molar-refractivity contribution in [2.45, 2.75) is 6.18 Å². The minimum atomic E-state index is -4.46. The zero-order chi connectivity index (χ0) is 11.8. The summed E-state index contributed by atoms with van der Waals surface area (Å²) in [4.78, 5) is 6.67.